The molecule has 0 fully saturated rings. The summed E-state index contributed by atoms with van der Waals surface area (Å²) < 4.78 is 26.3. The number of rotatable bonds is 7. The van der Waals surface area contributed by atoms with Crippen LogP contribution in [0.25, 0.3) is 0 Å². The first kappa shape index (κ1) is 16.7. The Balaban J connectivity index is 1.75. The van der Waals surface area contributed by atoms with Gasteiger partial charge >= 0.3 is 0 Å². The molecule has 0 bridgehead atoms. The van der Waals surface area contributed by atoms with Gasteiger partial charge < -0.3 is 13.9 Å². The van der Waals surface area contributed by atoms with E-state index >= 15 is 0 Å². The predicted molar refractivity (Wildman–Crippen MR) is 90.5 cm³/mol. The number of benzene rings is 1. The maximum absolute atomic E-state index is 12.6. The maximum atomic E-state index is 12.6. The molecule has 0 aliphatic heterocycles. The molecule has 5 nitrogen and oxygen atoms in total. The Bertz CT molecular complexity index is 766. The number of hydrogen-bond acceptors (Lipinski definition) is 4. The van der Waals surface area contributed by atoms with Crippen LogP contribution in [0, 0.1) is 6.92 Å². The van der Waals surface area contributed by atoms with Gasteiger partial charge in [-0.1, -0.05) is 17.7 Å². The molecule has 0 aliphatic carbocycles. The molecule has 0 aliphatic rings. The van der Waals surface area contributed by atoms with E-state index in [0.29, 0.717) is 16.4 Å². The van der Waals surface area contributed by atoms with E-state index in [1.165, 1.54) is 6.26 Å². The van der Waals surface area contributed by atoms with Gasteiger partial charge in [0, 0.05) is 6.42 Å². The highest BCUT2D eigenvalue weighted by Crippen LogP contribution is 2.28. The molecule has 3 aromatic rings. The van der Waals surface area contributed by atoms with Crippen LogP contribution in [-0.4, -0.2) is 9.32 Å². The fourth-order valence-electron chi connectivity index (χ4n) is 2.39. The third-order valence-corrected chi connectivity index (χ3v) is 4.90. The first-order chi connectivity index (χ1) is 11.6. The van der Waals surface area contributed by atoms with Crippen molar-refractivity contribution < 1.29 is 18.1 Å². The van der Waals surface area contributed by atoms with Crippen molar-refractivity contribution in [2.24, 2.45) is 0 Å². The van der Waals surface area contributed by atoms with E-state index in [2.05, 4.69) is 4.72 Å². The van der Waals surface area contributed by atoms with E-state index in [4.69, 9.17) is 8.83 Å². The Morgan fingerprint density at radius 3 is 2.25 bits per heavy atom. The second kappa shape index (κ2) is 7.61. The zero-order chi connectivity index (χ0) is 16.9. The van der Waals surface area contributed by atoms with Gasteiger partial charge in [0.2, 0.25) is 0 Å². The van der Waals surface area contributed by atoms with Crippen molar-refractivity contribution in [1.29, 1.82) is 0 Å². The van der Waals surface area contributed by atoms with Crippen LogP contribution in [0.3, 0.4) is 0 Å². The highest BCUT2D eigenvalue weighted by Gasteiger charge is 2.23. The van der Waals surface area contributed by atoms with Crippen molar-refractivity contribution in [3.8, 4) is 0 Å². The fourth-order valence-corrected chi connectivity index (χ4v) is 3.38. The molecule has 0 saturated carbocycles. The van der Waals surface area contributed by atoms with E-state index in [-0.39, 0.29) is 6.42 Å². The van der Waals surface area contributed by atoms with Crippen LogP contribution in [-0.2, 0) is 11.0 Å². The zero-order valence-corrected chi connectivity index (χ0v) is 14.0. The van der Waals surface area contributed by atoms with Crippen molar-refractivity contribution in [1.82, 2.24) is 4.72 Å². The minimum absolute atomic E-state index is 0.276. The van der Waals surface area contributed by atoms with Crippen LogP contribution < -0.4 is 4.72 Å². The molecule has 0 radical (unpaired) electrons. The molecular weight excluding hydrogens is 326 g/mol. The lowest BCUT2D eigenvalue weighted by Crippen LogP contribution is -2.25. The Morgan fingerprint density at radius 2 is 1.67 bits per heavy atom. The standard InChI is InChI=1S/C18H19NO4S/c1-13-6-8-14(9-7-13)24(21)19-15(17-4-2-10-22-17)12-16(20)18-5-3-11-23-18/h2-11,15-16,19-20H,12H2,1H3/t15-,16+,24+/m1/s1. The van der Waals surface area contributed by atoms with Crippen molar-refractivity contribution in [2.75, 3.05) is 0 Å². The summed E-state index contributed by atoms with van der Waals surface area (Å²) >= 11 is 0. The summed E-state index contributed by atoms with van der Waals surface area (Å²) in [7, 11) is -1.42. The summed E-state index contributed by atoms with van der Waals surface area (Å²) in [6.07, 6.45) is 2.52. The highest BCUT2D eigenvalue weighted by atomic mass is 32.2. The smallest absolute Gasteiger partial charge is 0.132 e. The monoisotopic (exact) mass is 345 g/mol. The Morgan fingerprint density at radius 1 is 1.04 bits per heavy atom. The normalized spacial score (nSPS) is 15.1. The average Bonchev–Trinajstić information content (AvgIpc) is 3.28. The van der Waals surface area contributed by atoms with Gasteiger partial charge in [-0.3, -0.25) is 0 Å². The Kier molecular flexibility index (Phi) is 5.30. The van der Waals surface area contributed by atoms with E-state index < -0.39 is 23.1 Å². The molecule has 0 spiro atoms. The van der Waals surface area contributed by atoms with Crippen molar-refractivity contribution >= 4 is 11.0 Å². The average molecular weight is 345 g/mol. The summed E-state index contributed by atoms with van der Waals surface area (Å²) in [4.78, 5) is 0.671. The number of furan rings is 2. The van der Waals surface area contributed by atoms with Crippen molar-refractivity contribution in [3.63, 3.8) is 0 Å². The largest absolute Gasteiger partial charge is 0.468 e. The van der Waals surface area contributed by atoms with Crippen LogP contribution in [0.5, 0.6) is 0 Å². The molecule has 24 heavy (non-hydrogen) atoms. The number of aliphatic hydroxyl groups is 1. The van der Waals surface area contributed by atoms with Crippen molar-refractivity contribution in [3.05, 3.63) is 78.1 Å². The summed E-state index contributed by atoms with van der Waals surface area (Å²) in [5.41, 5.74) is 1.10. The van der Waals surface area contributed by atoms with E-state index in [0.717, 1.165) is 5.56 Å². The van der Waals surface area contributed by atoms with Crippen molar-refractivity contribution in [2.45, 2.75) is 30.4 Å². The van der Waals surface area contributed by atoms with E-state index in [9.17, 15) is 9.32 Å². The second-order valence-electron chi connectivity index (χ2n) is 5.53. The number of hydrogen-bond donors (Lipinski definition) is 2. The molecule has 2 aromatic heterocycles. The molecule has 6 heteroatoms. The first-order valence-electron chi connectivity index (χ1n) is 7.63. The Labute approximate surface area is 142 Å². The molecule has 3 rings (SSSR count). The summed E-state index contributed by atoms with van der Waals surface area (Å²) in [5, 5.41) is 10.3. The quantitative estimate of drug-likeness (QED) is 0.685. The van der Waals surface area contributed by atoms with Gasteiger partial charge in [-0.2, -0.15) is 0 Å². The lowest BCUT2D eigenvalue weighted by atomic mass is 10.1. The molecule has 0 unspecified atom stereocenters. The summed E-state index contributed by atoms with van der Waals surface area (Å²) in [6, 6.07) is 14.0. The molecule has 2 N–H and O–H groups in total. The molecule has 0 amide bonds. The third-order valence-electron chi connectivity index (χ3n) is 3.70. The molecule has 2 heterocycles. The molecule has 126 valence electrons. The second-order valence-corrected chi connectivity index (χ2v) is 6.78. The first-order valence-corrected chi connectivity index (χ1v) is 8.78. The van der Waals surface area contributed by atoms with Crippen LogP contribution in [0.15, 0.2) is 74.8 Å². The molecule has 3 atom stereocenters. The van der Waals surface area contributed by atoms with Gasteiger partial charge in [0.05, 0.1) is 23.5 Å². The summed E-state index contributed by atoms with van der Waals surface area (Å²) in [6.45, 7) is 1.98. The van der Waals surface area contributed by atoms with Crippen LogP contribution in [0.2, 0.25) is 0 Å². The lowest BCUT2D eigenvalue weighted by molar-refractivity contribution is 0.126. The van der Waals surface area contributed by atoms with Gasteiger partial charge in [-0.05, 0) is 43.3 Å². The lowest BCUT2D eigenvalue weighted by Gasteiger charge is -2.18. The maximum Gasteiger partial charge on any atom is 0.132 e. The highest BCUT2D eigenvalue weighted by molar-refractivity contribution is 7.83. The SMILES string of the molecule is Cc1ccc([S@](=O)N[C@H](C[C@H](O)c2ccco2)c2ccco2)cc1. The van der Waals surface area contributed by atoms with Gasteiger partial charge in [-0.25, -0.2) is 8.93 Å². The van der Waals surface area contributed by atoms with Crippen LogP contribution in [0.4, 0.5) is 0 Å². The van der Waals surface area contributed by atoms with E-state index in [1.807, 2.05) is 31.2 Å². The van der Waals surface area contributed by atoms with Gasteiger partial charge in [0.25, 0.3) is 0 Å². The van der Waals surface area contributed by atoms with Crippen LogP contribution in [0.1, 0.15) is 35.7 Å². The Hall–Kier alpha value is -2.15. The van der Waals surface area contributed by atoms with Crippen LogP contribution >= 0.6 is 0 Å². The van der Waals surface area contributed by atoms with Gasteiger partial charge in [-0.15, -0.1) is 0 Å². The predicted octanol–water partition coefficient (Wildman–Crippen LogP) is 3.66. The number of nitrogens with one attached hydrogen (secondary N) is 1. The fraction of sp³-hybridized carbons (Fsp3) is 0.222. The van der Waals surface area contributed by atoms with Gasteiger partial charge in [0.15, 0.2) is 0 Å². The molecule has 0 saturated heterocycles. The zero-order valence-electron chi connectivity index (χ0n) is 13.2. The topological polar surface area (TPSA) is 75.6 Å². The number of aryl methyl sites for hydroxylation is 1. The molecule has 1 aromatic carbocycles. The molecular formula is C18H19NO4S. The third kappa shape index (κ3) is 4.03. The minimum Gasteiger partial charge on any atom is -0.468 e. The van der Waals surface area contributed by atoms with Gasteiger partial charge in [0.1, 0.15) is 28.6 Å². The number of aliphatic hydroxyl groups excluding tert-OH is 1. The van der Waals surface area contributed by atoms with E-state index in [1.54, 1.807) is 30.5 Å². The minimum atomic E-state index is -1.42. The summed E-state index contributed by atoms with van der Waals surface area (Å²) in [5.74, 6) is 1.08.